The molecule has 0 aliphatic heterocycles. The maximum absolute atomic E-state index is 13.7. The van der Waals surface area contributed by atoms with Gasteiger partial charge in [-0.3, -0.25) is 10.1 Å². The van der Waals surface area contributed by atoms with Gasteiger partial charge in [0.2, 0.25) is 0 Å². The molecule has 0 atom stereocenters. The zero-order chi connectivity index (χ0) is 29.0. The third-order valence-corrected chi connectivity index (χ3v) is 7.15. The summed E-state index contributed by atoms with van der Waals surface area (Å²) in [6, 6.07) is 15.6. The van der Waals surface area contributed by atoms with Crippen molar-refractivity contribution in [1.82, 2.24) is 5.32 Å². The summed E-state index contributed by atoms with van der Waals surface area (Å²) in [7, 11) is 0. The number of benzene rings is 4. The standard InChI is InChI=1S/C27H15Cl2F5N2O3S/c28-18-12-14(27(32,33)34)4-10-22(18)40-23-11-9-17(13-19(23)29)39-16-7-5-15(6-8-16)35-26(38)36-25(37)24-20(30)2-1-3-21(24)31/h1-13H,(H2,35,36,37,38). The summed E-state index contributed by atoms with van der Waals surface area (Å²) in [5.41, 5.74) is -1.48. The van der Waals surface area contributed by atoms with Gasteiger partial charge in [0.1, 0.15) is 28.7 Å². The molecule has 0 aliphatic carbocycles. The third-order valence-electron chi connectivity index (χ3n) is 5.15. The molecule has 4 rings (SSSR count). The van der Waals surface area contributed by atoms with Crippen LogP contribution in [0, 0.1) is 11.6 Å². The second kappa shape index (κ2) is 12.2. The van der Waals surface area contributed by atoms with Crippen LogP contribution in [0.5, 0.6) is 11.5 Å². The zero-order valence-electron chi connectivity index (χ0n) is 19.8. The van der Waals surface area contributed by atoms with Gasteiger partial charge in [-0.25, -0.2) is 13.6 Å². The molecule has 0 unspecified atom stereocenters. The summed E-state index contributed by atoms with van der Waals surface area (Å²) in [5, 5.41) is 4.41. The van der Waals surface area contributed by atoms with E-state index in [0.717, 1.165) is 42.1 Å². The fourth-order valence-electron chi connectivity index (χ4n) is 3.29. The lowest BCUT2D eigenvalue weighted by Gasteiger charge is -2.12. The molecule has 4 aromatic rings. The van der Waals surface area contributed by atoms with E-state index in [0.29, 0.717) is 21.3 Å². The Kier molecular flexibility index (Phi) is 8.87. The quantitative estimate of drug-likeness (QED) is 0.213. The molecule has 13 heteroatoms. The van der Waals surface area contributed by atoms with Crippen LogP contribution in [0.2, 0.25) is 10.0 Å². The van der Waals surface area contributed by atoms with Crippen LogP contribution in [0.15, 0.2) is 88.7 Å². The van der Waals surface area contributed by atoms with Gasteiger partial charge in [-0.05, 0) is 66.7 Å². The first kappa shape index (κ1) is 29.2. The number of rotatable bonds is 6. The van der Waals surface area contributed by atoms with Gasteiger partial charge in [0, 0.05) is 21.5 Å². The Bertz CT molecular complexity index is 1560. The number of anilines is 1. The van der Waals surface area contributed by atoms with Crippen molar-refractivity contribution in [2.75, 3.05) is 5.32 Å². The first-order chi connectivity index (χ1) is 18.9. The molecule has 0 saturated carbocycles. The van der Waals surface area contributed by atoms with Gasteiger partial charge >= 0.3 is 12.2 Å². The largest absolute Gasteiger partial charge is 0.457 e. The number of amides is 3. The first-order valence-corrected chi connectivity index (χ1v) is 12.7. The number of imide groups is 1. The summed E-state index contributed by atoms with van der Waals surface area (Å²) < 4.78 is 71.8. The van der Waals surface area contributed by atoms with E-state index in [1.165, 1.54) is 36.4 Å². The third kappa shape index (κ3) is 7.23. The zero-order valence-corrected chi connectivity index (χ0v) is 22.1. The number of hydrogen-bond acceptors (Lipinski definition) is 4. The molecule has 3 amide bonds. The van der Waals surface area contributed by atoms with Gasteiger partial charge < -0.3 is 10.1 Å². The Labute approximate surface area is 238 Å². The Morgan fingerprint density at radius 3 is 1.93 bits per heavy atom. The number of alkyl halides is 3. The lowest BCUT2D eigenvalue weighted by Crippen LogP contribution is -2.35. The molecule has 5 nitrogen and oxygen atoms in total. The van der Waals surface area contributed by atoms with E-state index in [9.17, 15) is 31.5 Å². The number of ether oxygens (including phenoxy) is 1. The summed E-state index contributed by atoms with van der Waals surface area (Å²) >= 11 is 13.4. The lowest BCUT2D eigenvalue weighted by molar-refractivity contribution is -0.137. The van der Waals surface area contributed by atoms with Crippen LogP contribution < -0.4 is 15.4 Å². The average Bonchev–Trinajstić information content (AvgIpc) is 2.87. The highest BCUT2D eigenvalue weighted by Gasteiger charge is 2.31. The summed E-state index contributed by atoms with van der Waals surface area (Å²) in [4.78, 5) is 25.0. The van der Waals surface area contributed by atoms with Gasteiger partial charge in [-0.1, -0.05) is 41.0 Å². The van der Waals surface area contributed by atoms with Crippen LogP contribution >= 0.6 is 35.0 Å². The predicted molar refractivity (Wildman–Crippen MR) is 141 cm³/mol. The highest BCUT2D eigenvalue weighted by atomic mass is 35.5. The number of hydrogen-bond donors (Lipinski definition) is 2. The normalized spacial score (nSPS) is 11.2. The molecule has 0 radical (unpaired) electrons. The van der Waals surface area contributed by atoms with Gasteiger partial charge in [0.25, 0.3) is 5.91 Å². The van der Waals surface area contributed by atoms with Crippen LogP contribution in [0.25, 0.3) is 0 Å². The van der Waals surface area contributed by atoms with Crippen LogP contribution in [0.1, 0.15) is 15.9 Å². The van der Waals surface area contributed by atoms with Gasteiger partial charge in [0.05, 0.1) is 15.6 Å². The molecule has 0 bridgehead atoms. The van der Waals surface area contributed by atoms with Crippen molar-refractivity contribution in [2.24, 2.45) is 0 Å². The summed E-state index contributed by atoms with van der Waals surface area (Å²) in [6.45, 7) is 0. The minimum atomic E-state index is -4.51. The van der Waals surface area contributed by atoms with Crippen molar-refractivity contribution in [3.63, 3.8) is 0 Å². The van der Waals surface area contributed by atoms with Crippen molar-refractivity contribution in [2.45, 2.75) is 16.0 Å². The van der Waals surface area contributed by atoms with Crippen molar-refractivity contribution in [1.29, 1.82) is 0 Å². The molecule has 0 saturated heterocycles. The van der Waals surface area contributed by atoms with E-state index in [2.05, 4.69) is 5.32 Å². The highest BCUT2D eigenvalue weighted by molar-refractivity contribution is 7.99. The maximum atomic E-state index is 13.7. The maximum Gasteiger partial charge on any atom is 0.416 e. The van der Waals surface area contributed by atoms with E-state index in [1.54, 1.807) is 12.1 Å². The van der Waals surface area contributed by atoms with Crippen molar-refractivity contribution in [3.05, 3.63) is 112 Å². The monoisotopic (exact) mass is 612 g/mol. The fourth-order valence-corrected chi connectivity index (χ4v) is 4.70. The Morgan fingerprint density at radius 1 is 0.775 bits per heavy atom. The molecule has 0 fully saturated rings. The topological polar surface area (TPSA) is 67.4 Å². The minimum absolute atomic E-state index is 0.0673. The SMILES string of the molecule is O=C(NC(=O)c1c(F)cccc1F)Nc1ccc(Oc2ccc(Sc3ccc(C(F)(F)F)cc3Cl)c(Cl)c2)cc1. The van der Waals surface area contributed by atoms with Gasteiger partial charge in [-0.2, -0.15) is 13.2 Å². The molecule has 0 aliphatic rings. The molecule has 2 N–H and O–H groups in total. The van der Waals surface area contributed by atoms with E-state index in [-0.39, 0.29) is 15.7 Å². The Morgan fingerprint density at radius 2 is 1.35 bits per heavy atom. The summed E-state index contributed by atoms with van der Waals surface area (Å²) in [6.07, 6.45) is -4.51. The molecule has 40 heavy (non-hydrogen) atoms. The van der Waals surface area contributed by atoms with Crippen molar-refractivity contribution >= 4 is 52.6 Å². The smallest absolute Gasteiger partial charge is 0.416 e. The van der Waals surface area contributed by atoms with Crippen LogP contribution in [-0.4, -0.2) is 11.9 Å². The second-order valence-corrected chi connectivity index (χ2v) is 9.87. The first-order valence-electron chi connectivity index (χ1n) is 11.1. The number of nitrogens with one attached hydrogen (secondary N) is 2. The van der Waals surface area contributed by atoms with E-state index >= 15 is 0 Å². The predicted octanol–water partition coefficient (Wildman–Crippen LogP) is 9.20. The van der Waals surface area contributed by atoms with Crippen molar-refractivity contribution in [3.8, 4) is 11.5 Å². The number of carbonyl (C=O) groups excluding carboxylic acids is 2. The molecule has 0 spiro atoms. The number of urea groups is 1. The Balaban J connectivity index is 1.36. The van der Waals surface area contributed by atoms with Crippen LogP contribution in [-0.2, 0) is 6.18 Å². The second-order valence-electron chi connectivity index (χ2n) is 7.97. The van der Waals surface area contributed by atoms with Crippen LogP contribution in [0.3, 0.4) is 0 Å². The molecule has 4 aromatic carbocycles. The minimum Gasteiger partial charge on any atom is -0.457 e. The molecular weight excluding hydrogens is 598 g/mol. The molecule has 206 valence electrons. The molecule has 0 heterocycles. The molecular formula is C27H15Cl2F5N2O3S. The number of halogens is 7. The summed E-state index contributed by atoms with van der Waals surface area (Å²) in [5.74, 6) is -2.75. The fraction of sp³-hybridized carbons (Fsp3) is 0.0370. The average molecular weight is 613 g/mol. The van der Waals surface area contributed by atoms with Crippen molar-refractivity contribution < 1.29 is 36.3 Å². The lowest BCUT2D eigenvalue weighted by atomic mass is 10.2. The van der Waals surface area contributed by atoms with Gasteiger partial charge in [0.15, 0.2) is 0 Å². The van der Waals surface area contributed by atoms with E-state index in [1.807, 2.05) is 5.32 Å². The van der Waals surface area contributed by atoms with E-state index < -0.39 is 40.9 Å². The molecule has 0 aromatic heterocycles. The van der Waals surface area contributed by atoms with Gasteiger partial charge in [-0.15, -0.1) is 0 Å². The number of carbonyl (C=O) groups is 2. The van der Waals surface area contributed by atoms with E-state index in [4.69, 9.17) is 27.9 Å². The van der Waals surface area contributed by atoms with Crippen LogP contribution in [0.4, 0.5) is 32.4 Å². The Hall–Kier alpha value is -3.80. The highest BCUT2D eigenvalue weighted by Crippen LogP contribution is 2.41.